The van der Waals surface area contributed by atoms with Gasteiger partial charge in [0.25, 0.3) is 0 Å². The summed E-state index contributed by atoms with van der Waals surface area (Å²) in [5.74, 6) is 0. The Bertz CT molecular complexity index is 523. The van der Waals surface area contributed by atoms with E-state index in [0.717, 1.165) is 21.9 Å². The summed E-state index contributed by atoms with van der Waals surface area (Å²) in [5.41, 5.74) is 2.57. The van der Waals surface area contributed by atoms with Crippen molar-refractivity contribution in [3.05, 3.63) is 68.6 Å². The number of hydrogen-bond donors (Lipinski definition) is 1. The van der Waals surface area contributed by atoms with Crippen molar-refractivity contribution < 1.29 is 0 Å². The van der Waals surface area contributed by atoms with E-state index in [-0.39, 0.29) is 6.04 Å². The predicted molar refractivity (Wildman–Crippen MR) is 88.4 cm³/mol. The highest BCUT2D eigenvalue weighted by molar-refractivity contribution is 9.10. The molecule has 3 heteroatoms. The van der Waals surface area contributed by atoms with Gasteiger partial charge in [0.05, 0.1) is 6.04 Å². The van der Waals surface area contributed by atoms with Crippen LogP contribution < -0.4 is 5.32 Å². The average Bonchev–Trinajstić information content (AvgIpc) is 2.41. The zero-order valence-corrected chi connectivity index (χ0v) is 14.0. The van der Waals surface area contributed by atoms with Crippen LogP contribution in [0.5, 0.6) is 0 Å². The number of benzene rings is 2. The van der Waals surface area contributed by atoms with Crippen LogP contribution in [0, 0.1) is 0 Å². The highest BCUT2D eigenvalue weighted by atomic mass is 79.9. The minimum Gasteiger partial charge on any atom is -0.306 e. The first-order chi connectivity index (χ1) is 9.20. The molecule has 0 bridgehead atoms. The normalized spacial score (nSPS) is 12.4. The smallest absolute Gasteiger partial charge is 0.0577 e. The van der Waals surface area contributed by atoms with Gasteiger partial charge in [-0.15, -0.1) is 0 Å². The lowest BCUT2D eigenvalue weighted by Gasteiger charge is -2.20. The Balaban J connectivity index is 2.32. The van der Waals surface area contributed by atoms with Crippen LogP contribution in [-0.4, -0.2) is 6.54 Å². The Morgan fingerprint density at radius 2 is 1.68 bits per heavy atom. The zero-order valence-electron chi connectivity index (χ0n) is 10.9. The minimum absolute atomic E-state index is 0.241. The second-order valence-electron chi connectivity index (χ2n) is 4.49. The largest absolute Gasteiger partial charge is 0.306 e. The van der Waals surface area contributed by atoms with Gasteiger partial charge in [-0.3, -0.25) is 0 Å². The van der Waals surface area contributed by atoms with Crippen LogP contribution in [-0.2, 0) is 0 Å². The van der Waals surface area contributed by atoms with E-state index in [1.807, 2.05) is 0 Å². The number of hydrogen-bond acceptors (Lipinski definition) is 1. The van der Waals surface area contributed by atoms with Crippen molar-refractivity contribution >= 4 is 31.9 Å². The van der Waals surface area contributed by atoms with Gasteiger partial charge in [0.15, 0.2) is 0 Å². The first kappa shape index (κ1) is 14.8. The quantitative estimate of drug-likeness (QED) is 0.739. The van der Waals surface area contributed by atoms with E-state index in [4.69, 9.17) is 0 Å². The molecule has 0 amide bonds. The van der Waals surface area contributed by atoms with Crippen molar-refractivity contribution in [3.8, 4) is 0 Å². The topological polar surface area (TPSA) is 12.0 Å². The number of rotatable bonds is 5. The Labute approximate surface area is 131 Å². The lowest BCUT2D eigenvalue weighted by Crippen LogP contribution is -2.23. The van der Waals surface area contributed by atoms with Crippen molar-refractivity contribution in [1.29, 1.82) is 0 Å². The van der Waals surface area contributed by atoms with Crippen LogP contribution in [0.3, 0.4) is 0 Å². The fraction of sp³-hybridized carbons (Fsp3) is 0.250. The van der Waals surface area contributed by atoms with E-state index >= 15 is 0 Å². The SMILES string of the molecule is CCCNC(c1ccc(Br)cc1)c1cccc(Br)c1. The summed E-state index contributed by atoms with van der Waals surface area (Å²) in [6.45, 7) is 3.19. The average molecular weight is 383 g/mol. The van der Waals surface area contributed by atoms with Gasteiger partial charge in [0, 0.05) is 8.95 Å². The van der Waals surface area contributed by atoms with Crippen LogP contribution >= 0.6 is 31.9 Å². The molecule has 0 aliphatic carbocycles. The molecule has 2 aromatic rings. The molecular formula is C16H17Br2N. The highest BCUT2D eigenvalue weighted by Gasteiger charge is 2.13. The molecule has 100 valence electrons. The first-order valence-corrected chi connectivity index (χ1v) is 8.03. The molecule has 0 heterocycles. The summed E-state index contributed by atoms with van der Waals surface area (Å²) in [4.78, 5) is 0. The van der Waals surface area contributed by atoms with Gasteiger partial charge in [0.1, 0.15) is 0 Å². The predicted octanol–water partition coefficient (Wildman–Crippen LogP) is 5.30. The van der Waals surface area contributed by atoms with Gasteiger partial charge in [-0.05, 0) is 48.4 Å². The molecule has 1 unspecified atom stereocenters. The molecular weight excluding hydrogens is 366 g/mol. The maximum Gasteiger partial charge on any atom is 0.0577 e. The summed E-state index contributed by atoms with van der Waals surface area (Å²) >= 11 is 7.03. The molecule has 2 aromatic carbocycles. The maximum absolute atomic E-state index is 3.61. The van der Waals surface area contributed by atoms with Gasteiger partial charge in [-0.2, -0.15) is 0 Å². The molecule has 0 spiro atoms. The molecule has 1 nitrogen and oxygen atoms in total. The molecule has 1 atom stereocenters. The highest BCUT2D eigenvalue weighted by Crippen LogP contribution is 2.25. The lowest BCUT2D eigenvalue weighted by molar-refractivity contribution is 0.598. The van der Waals surface area contributed by atoms with Crippen LogP contribution in [0.1, 0.15) is 30.5 Å². The van der Waals surface area contributed by atoms with Gasteiger partial charge in [-0.25, -0.2) is 0 Å². The zero-order chi connectivity index (χ0) is 13.7. The summed E-state index contributed by atoms with van der Waals surface area (Å²) in [6, 6.07) is 17.2. The fourth-order valence-electron chi connectivity index (χ4n) is 2.06. The molecule has 0 aliphatic rings. The van der Waals surface area contributed by atoms with Crippen LogP contribution in [0.15, 0.2) is 57.5 Å². The van der Waals surface area contributed by atoms with Crippen molar-refractivity contribution in [2.45, 2.75) is 19.4 Å². The van der Waals surface area contributed by atoms with Gasteiger partial charge in [-0.1, -0.05) is 63.0 Å². The van der Waals surface area contributed by atoms with Crippen LogP contribution in [0.2, 0.25) is 0 Å². The molecule has 0 aromatic heterocycles. The van der Waals surface area contributed by atoms with Crippen LogP contribution in [0.4, 0.5) is 0 Å². The Hall–Kier alpha value is -0.640. The van der Waals surface area contributed by atoms with E-state index in [2.05, 4.69) is 92.6 Å². The third kappa shape index (κ3) is 4.16. The first-order valence-electron chi connectivity index (χ1n) is 6.45. The van der Waals surface area contributed by atoms with Crippen molar-refractivity contribution in [3.63, 3.8) is 0 Å². The fourth-order valence-corrected chi connectivity index (χ4v) is 2.74. The summed E-state index contributed by atoms with van der Waals surface area (Å²) in [6.07, 6.45) is 1.13. The second kappa shape index (κ2) is 7.22. The van der Waals surface area contributed by atoms with Crippen molar-refractivity contribution in [2.75, 3.05) is 6.54 Å². The van der Waals surface area contributed by atoms with E-state index in [9.17, 15) is 0 Å². The molecule has 0 aliphatic heterocycles. The van der Waals surface area contributed by atoms with E-state index < -0.39 is 0 Å². The number of halogens is 2. The van der Waals surface area contributed by atoms with E-state index in [1.165, 1.54) is 11.1 Å². The molecule has 1 N–H and O–H groups in total. The van der Waals surface area contributed by atoms with Gasteiger partial charge in [0.2, 0.25) is 0 Å². The lowest BCUT2D eigenvalue weighted by atomic mass is 9.99. The molecule has 0 saturated heterocycles. The monoisotopic (exact) mass is 381 g/mol. The van der Waals surface area contributed by atoms with Gasteiger partial charge >= 0.3 is 0 Å². The standard InChI is InChI=1S/C16H17Br2N/c1-2-10-19-16(12-6-8-14(17)9-7-12)13-4-3-5-15(18)11-13/h3-9,11,16,19H,2,10H2,1H3. The molecule has 19 heavy (non-hydrogen) atoms. The molecule has 0 fully saturated rings. The summed E-state index contributed by atoms with van der Waals surface area (Å²) in [7, 11) is 0. The number of nitrogens with one attached hydrogen (secondary N) is 1. The van der Waals surface area contributed by atoms with E-state index in [1.54, 1.807) is 0 Å². The third-order valence-corrected chi connectivity index (χ3v) is 4.01. The summed E-state index contributed by atoms with van der Waals surface area (Å²) in [5, 5.41) is 3.61. The second-order valence-corrected chi connectivity index (χ2v) is 6.33. The van der Waals surface area contributed by atoms with Crippen molar-refractivity contribution in [1.82, 2.24) is 5.32 Å². The van der Waals surface area contributed by atoms with Gasteiger partial charge < -0.3 is 5.32 Å². The Morgan fingerprint density at radius 3 is 2.32 bits per heavy atom. The van der Waals surface area contributed by atoms with Crippen LogP contribution in [0.25, 0.3) is 0 Å². The summed E-state index contributed by atoms with van der Waals surface area (Å²) < 4.78 is 2.23. The molecule has 0 saturated carbocycles. The maximum atomic E-state index is 3.61. The third-order valence-electron chi connectivity index (χ3n) is 2.98. The van der Waals surface area contributed by atoms with Crippen molar-refractivity contribution in [2.24, 2.45) is 0 Å². The molecule has 2 rings (SSSR count). The Kier molecular flexibility index (Phi) is 5.61. The van der Waals surface area contributed by atoms with E-state index in [0.29, 0.717) is 0 Å². The molecule has 0 radical (unpaired) electrons. The minimum atomic E-state index is 0.241. The Morgan fingerprint density at radius 1 is 0.947 bits per heavy atom.